The zero-order valence-electron chi connectivity index (χ0n) is 16.6. The van der Waals surface area contributed by atoms with Crippen LogP contribution in [0.15, 0.2) is 84.9 Å². The number of carbonyl (C=O) groups excluding carboxylic acids is 2. The highest BCUT2D eigenvalue weighted by Crippen LogP contribution is 2.27. The molecule has 3 rings (SSSR count). The number of carbonyl (C=O) groups is 2. The summed E-state index contributed by atoms with van der Waals surface area (Å²) in [5, 5.41) is 2.80. The minimum Gasteiger partial charge on any atom is -0.455 e. The number of hydrogen-bond acceptors (Lipinski definition) is 3. The molecule has 154 valence electrons. The van der Waals surface area contributed by atoms with E-state index in [4.69, 9.17) is 4.74 Å². The fourth-order valence-electron chi connectivity index (χ4n) is 3.31. The Balaban J connectivity index is 1.47. The fourth-order valence-corrected chi connectivity index (χ4v) is 3.31. The van der Waals surface area contributed by atoms with Crippen molar-refractivity contribution in [3.63, 3.8) is 0 Å². The van der Waals surface area contributed by atoms with Gasteiger partial charge in [-0.3, -0.25) is 9.59 Å². The van der Waals surface area contributed by atoms with Gasteiger partial charge in [-0.15, -0.1) is 0 Å². The lowest BCUT2D eigenvalue weighted by Crippen LogP contribution is -2.30. The fraction of sp³-hybridized carbons (Fsp3) is 0.200. The third kappa shape index (κ3) is 6.55. The third-order valence-electron chi connectivity index (χ3n) is 4.76. The van der Waals surface area contributed by atoms with E-state index in [1.54, 1.807) is 6.07 Å². The number of benzene rings is 3. The van der Waals surface area contributed by atoms with Crippen LogP contribution in [-0.2, 0) is 20.7 Å². The maximum absolute atomic E-state index is 13.2. The number of hydrogen-bond donors (Lipinski definition) is 1. The van der Waals surface area contributed by atoms with Gasteiger partial charge >= 0.3 is 5.97 Å². The Hall–Kier alpha value is -3.47. The summed E-state index contributed by atoms with van der Waals surface area (Å²) in [6, 6.07) is 26.0. The van der Waals surface area contributed by atoms with Gasteiger partial charge in [-0.05, 0) is 35.2 Å². The molecule has 0 aliphatic heterocycles. The number of nitrogens with one attached hydrogen (secondary N) is 1. The minimum atomic E-state index is -0.567. The van der Waals surface area contributed by atoms with Crippen molar-refractivity contribution in [3.8, 4) is 0 Å². The van der Waals surface area contributed by atoms with Crippen LogP contribution < -0.4 is 5.32 Å². The van der Waals surface area contributed by atoms with Gasteiger partial charge in [0, 0.05) is 12.5 Å². The number of rotatable bonds is 9. The van der Waals surface area contributed by atoms with Crippen LogP contribution in [0.5, 0.6) is 0 Å². The van der Waals surface area contributed by atoms with Crippen molar-refractivity contribution in [3.05, 3.63) is 107 Å². The standard InChI is InChI=1S/C25H24FNO3/c26-22-13-7-8-19(16-22)17-25(29)30-18-24(28)27-15-14-23(20-9-3-1-4-10-20)21-11-5-2-6-12-21/h1-13,16,23H,14-15,17-18H2,(H,27,28). The van der Waals surface area contributed by atoms with Gasteiger partial charge < -0.3 is 10.1 Å². The van der Waals surface area contributed by atoms with Crippen molar-refractivity contribution in [2.45, 2.75) is 18.8 Å². The Bertz CT molecular complexity index is 921. The largest absolute Gasteiger partial charge is 0.455 e. The van der Waals surface area contributed by atoms with Gasteiger partial charge in [0.1, 0.15) is 5.82 Å². The smallest absolute Gasteiger partial charge is 0.310 e. The lowest BCUT2D eigenvalue weighted by atomic mass is 9.88. The molecule has 3 aromatic rings. The van der Waals surface area contributed by atoms with E-state index in [0.29, 0.717) is 12.1 Å². The highest BCUT2D eigenvalue weighted by molar-refractivity contribution is 5.81. The van der Waals surface area contributed by atoms with E-state index in [9.17, 15) is 14.0 Å². The summed E-state index contributed by atoms with van der Waals surface area (Å²) in [7, 11) is 0. The van der Waals surface area contributed by atoms with Gasteiger partial charge in [-0.2, -0.15) is 0 Å². The predicted molar refractivity (Wildman–Crippen MR) is 113 cm³/mol. The monoisotopic (exact) mass is 405 g/mol. The summed E-state index contributed by atoms with van der Waals surface area (Å²) < 4.78 is 18.2. The first kappa shape index (κ1) is 21.2. The number of ether oxygens (including phenoxy) is 1. The van der Waals surface area contributed by atoms with Crippen LogP contribution in [0, 0.1) is 5.82 Å². The maximum atomic E-state index is 13.2. The first-order valence-electron chi connectivity index (χ1n) is 9.88. The Labute approximate surface area is 175 Å². The van der Waals surface area contributed by atoms with Crippen LogP contribution in [0.2, 0.25) is 0 Å². The van der Waals surface area contributed by atoms with Crippen molar-refractivity contribution in [1.82, 2.24) is 5.32 Å². The van der Waals surface area contributed by atoms with Crippen LogP contribution in [-0.4, -0.2) is 25.0 Å². The van der Waals surface area contributed by atoms with E-state index in [2.05, 4.69) is 29.6 Å². The molecule has 0 fully saturated rings. The van der Waals surface area contributed by atoms with E-state index >= 15 is 0 Å². The van der Waals surface area contributed by atoms with E-state index in [-0.39, 0.29) is 24.9 Å². The van der Waals surface area contributed by atoms with E-state index in [1.165, 1.54) is 29.3 Å². The number of halogens is 1. The molecule has 0 atom stereocenters. The number of esters is 1. The molecule has 3 aromatic carbocycles. The molecule has 4 nitrogen and oxygen atoms in total. The van der Waals surface area contributed by atoms with E-state index < -0.39 is 11.8 Å². The average molecular weight is 405 g/mol. The molecule has 0 aliphatic rings. The lowest BCUT2D eigenvalue weighted by molar-refractivity contribution is -0.147. The summed E-state index contributed by atoms with van der Waals surface area (Å²) >= 11 is 0. The van der Waals surface area contributed by atoms with Crippen molar-refractivity contribution >= 4 is 11.9 Å². The third-order valence-corrected chi connectivity index (χ3v) is 4.76. The molecular weight excluding hydrogens is 381 g/mol. The molecule has 1 amide bonds. The quantitative estimate of drug-likeness (QED) is 0.542. The van der Waals surface area contributed by atoms with Gasteiger partial charge in [0.15, 0.2) is 6.61 Å². The summed E-state index contributed by atoms with van der Waals surface area (Å²) in [6.07, 6.45) is 0.645. The van der Waals surface area contributed by atoms with Gasteiger partial charge in [0.05, 0.1) is 6.42 Å². The van der Waals surface area contributed by atoms with Crippen LogP contribution in [0.3, 0.4) is 0 Å². The molecule has 0 spiro atoms. The maximum Gasteiger partial charge on any atom is 0.310 e. The van der Waals surface area contributed by atoms with Gasteiger partial charge in [-0.25, -0.2) is 4.39 Å². The second-order valence-electron chi connectivity index (χ2n) is 6.98. The van der Waals surface area contributed by atoms with Gasteiger partial charge in [0.2, 0.25) is 0 Å². The van der Waals surface area contributed by atoms with Crippen molar-refractivity contribution in [2.75, 3.05) is 13.2 Å². The summed E-state index contributed by atoms with van der Waals surface area (Å²) in [4.78, 5) is 23.9. The van der Waals surface area contributed by atoms with Gasteiger partial charge in [-0.1, -0.05) is 72.8 Å². The summed E-state index contributed by atoms with van der Waals surface area (Å²) in [6.45, 7) is 0.101. The molecular formula is C25H24FNO3. The van der Waals surface area contributed by atoms with E-state index in [1.807, 2.05) is 36.4 Å². The van der Waals surface area contributed by atoms with E-state index in [0.717, 1.165) is 6.42 Å². The van der Waals surface area contributed by atoms with Gasteiger partial charge in [0.25, 0.3) is 5.91 Å². The highest BCUT2D eigenvalue weighted by atomic mass is 19.1. The lowest BCUT2D eigenvalue weighted by Gasteiger charge is -2.18. The predicted octanol–water partition coefficient (Wildman–Crippen LogP) is 4.25. The average Bonchev–Trinajstić information content (AvgIpc) is 2.76. The molecule has 0 saturated carbocycles. The molecule has 0 heterocycles. The first-order valence-corrected chi connectivity index (χ1v) is 9.88. The Kier molecular flexibility index (Phi) is 7.72. The zero-order valence-corrected chi connectivity index (χ0v) is 16.6. The summed E-state index contributed by atoms with van der Waals surface area (Å²) in [5.41, 5.74) is 2.87. The molecule has 0 aliphatic carbocycles. The molecule has 0 bridgehead atoms. The van der Waals surface area contributed by atoms with Crippen molar-refractivity contribution < 1.29 is 18.7 Å². The Morgan fingerprint density at radius 2 is 1.50 bits per heavy atom. The van der Waals surface area contributed by atoms with Crippen LogP contribution in [0.25, 0.3) is 0 Å². The highest BCUT2D eigenvalue weighted by Gasteiger charge is 2.15. The molecule has 5 heteroatoms. The Morgan fingerprint density at radius 1 is 0.867 bits per heavy atom. The first-order chi connectivity index (χ1) is 14.6. The van der Waals surface area contributed by atoms with Crippen molar-refractivity contribution in [2.24, 2.45) is 0 Å². The van der Waals surface area contributed by atoms with Crippen LogP contribution >= 0.6 is 0 Å². The van der Waals surface area contributed by atoms with Crippen LogP contribution in [0.4, 0.5) is 4.39 Å². The molecule has 0 unspecified atom stereocenters. The normalized spacial score (nSPS) is 10.6. The van der Waals surface area contributed by atoms with Crippen molar-refractivity contribution in [1.29, 1.82) is 0 Å². The molecule has 1 N–H and O–H groups in total. The molecule has 0 saturated heterocycles. The Morgan fingerprint density at radius 3 is 2.10 bits per heavy atom. The number of amides is 1. The topological polar surface area (TPSA) is 55.4 Å². The SMILES string of the molecule is O=C(COC(=O)Cc1cccc(F)c1)NCCC(c1ccccc1)c1ccccc1. The minimum absolute atomic E-state index is 0.0743. The zero-order chi connectivity index (χ0) is 21.2. The van der Waals surface area contributed by atoms with Crippen LogP contribution in [0.1, 0.15) is 29.0 Å². The second-order valence-corrected chi connectivity index (χ2v) is 6.98. The molecule has 0 radical (unpaired) electrons. The summed E-state index contributed by atoms with van der Waals surface area (Å²) in [5.74, 6) is -1.18. The molecule has 30 heavy (non-hydrogen) atoms. The molecule has 0 aromatic heterocycles. The second kappa shape index (κ2) is 10.9.